The summed E-state index contributed by atoms with van der Waals surface area (Å²) in [6, 6.07) is 19.3. The molecular weight excluding hydrogens is 418 g/mol. The molecule has 0 spiro atoms. The Balaban J connectivity index is 1.26. The van der Waals surface area contributed by atoms with Crippen molar-refractivity contribution in [1.29, 1.82) is 0 Å². The summed E-state index contributed by atoms with van der Waals surface area (Å²) in [5, 5.41) is 6.27. The van der Waals surface area contributed by atoms with Crippen LogP contribution in [0.5, 0.6) is 5.75 Å². The topological polar surface area (TPSA) is 82.3 Å². The van der Waals surface area contributed by atoms with Crippen LogP contribution in [0.15, 0.2) is 76.3 Å². The molecule has 3 aromatic rings. The molecule has 0 radical (unpaired) electrons. The van der Waals surface area contributed by atoms with E-state index in [0.29, 0.717) is 6.54 Å². The summed E-state index contributed by atoms with van der Waals surface area (Å²) in [7, 11) is 3.49. The van der Waals surface area contributed by atoms with Crippen molar-refractivity contribution in [2.24, 2.45) is 4.99 Å². The third kappa shape index (κ3) is 5.65. The predicted octanol–water partition coefficient (Wildman–Crippen LogP) is 3.44. The maximum atomic E-state index is 12.1. The van der Waals surface area contributed by atoms with E-state index in [1.807, 2.05) is 43.4 Å². The van der Waals surface area contributed by atoms with E-state index in [9.17, 15) is 4.79 Å². The lowest BCUT2D eigenvalue weighted by Gasteiger charge is -2.37. The normalized spacial score (nSPS) is 14.2. The Hall–Kier alpha value is -3.94. The van der Waals surface area contributed by atoms with Gasteiger partial charge in [0.15, 0.2) is 11.7 Å². The second-order valence-electron chi connectivity index (χ2n) is 7.70. The summed E-state index contributed by atoms with van der Waals surface area (Å²) >= 11 is 0. The number of hydrogen-bond acceptors (Lipinski definition) is 5. The summed E-state index contributed by atoms with van der Waals surface area (Å²) in [6.45, 7) is 4.29. The first-order valence-corrected chi connectivity index (χ1v) is 10.9. The second-order valence-corrected chi connectivity index (χ2v) is 7.70. The first-order valence-electron chi connectivity index (χ1n) is 10.9. The third-order valence-corrected chi connectivity index (χ3v) is 5.64. The molecule has 1 aliphatic heterocycles. The van der Waals surface area contributed by atoms with E-state index >= 15 is 0 Å². The zero-order chi connectivity index (χ0) is 23.0. The second kappa shape index (κ2) is 10.6. The van der Waals surface area contributed by atoms with E-state index in [2.05, 4.69) is 37.6 Å². The zero-order valence-corrected chi connectivity index (χ0v) is 19.0. The van der Waals surface area contributed by atoms with Gasteiger partial charge >= 0.3 is 0 Å². The molecular formula is C25H29N5O3. The monoisotopic (exact) mass is 447 g/mol. The molecule has 8 nitrogen and oxygen atoms in total. The lowest BCUT2D eigenvalue weighted by atomic mass is 10.2. The van der Waals surface area contributed by atoms with Gasteiger partial charge in [0, 0.05) is 51.1 Å². The zero-order valence-electron chi connectivity index (χ0n) is 19.0. The van der Waals surface area contributed by atoms with Gasteiger partial charge in [-0.3, -0.25) is 9.79 Å². The van der Waals surface area contributed by atoms with E-state index < -0.39 is 0 Å². The van der Waals surface area contributed by atoms with Crippen molar-refractivity contribution in [3.8, 4) is 5.75 Å². The highest BCUT2D eigenvalue weighted by Gasteiger charge is 2.20. The molecule has 0 bridgehead atoms. The van der Waals surface area contributed by atoms with Gasteiger partial charge in [-0.05, 0) is 54.1 Å². The molecule has 0 atom stereocenters. The lowest BCUT2D eigenvalue weighted by molar-refractivity contribution is 0.0996. The molecule has 172 valence electrons. The van der Waals surface area contributed by atoms with Crippen LogP contribution in [0.1, 0.15) is 16.1 Å². The number of rotatable bonds is 6. The minimum atomic E-state index is -0.264. The summed E-state index contributed by atoms with van der Waals surface area (Å²) < 4.78 is 10.4. The minimum Gasteiger partial charge on any atom is -0.497 e. The van der Waals surface area contributed by atoms with Gasteiger partial charge in [-0.2, -0.15) is 0 Å². The van der Waals surface area contributed by atoms with Crippen molar-refractivity contribution in [3.63, 3.8) is 0 Å². The molecule has 4 rings (SSSR count). The Kier molecular flexibility index (Phi) is 7.14. The van der Waals surface area contributed by atoms with Gasteiger partial charge < -0.3 is 29.6 Å². The smallest absolute Gasteiger partial charge is 0.291 e. The molecule has 0 unspecified atom stereocenters. The van der Waals surface area contributed by atoms with Crippen LogP contribution in [0.2, 0.25) is 0 Å². The predicted molar refractivity (Wildman–Crippen MR) is 130 cm³/mol. The number of amides is 1. The number of nitrogens with zero attached hydrogens (tertiary/aromatic N) is 3. The number of guanidine groups is 1. The number of piperazine rings is 1. The van der Waals surface area contributed by atoms with Crippen molar-refractivity contribution in [2.45, 2.75) is 6.54 Å². The van der Waals surface area contributed by atoms with Crippen LogP contribution in [0.3, 0.4) is 0 Å². The minimum absolute atomic E-state index is 0.264. The molecule has 0 saturated carbocycles. The van der Waals surface area contributed by atoms with Crippen LogP contribution < -0.4 is 20.3 Å². The van der Waals surface area contributed by atoms with E-state index in [4.69, 9.17) is 9.15 Å². The average Bonchev–Trinajstić information content (AvgIpc) is 3.41. The molecule has 1 aromatic heterocycles. The fourth-order valence-corrected chi connectivity index (χ4v) is 3.79. The van der Waals surface area contributed by atoms with Gasteiger partial charge in [-0.15, -0.1) is 0 Å². The number of carbonyl (C=O) groups is 1. The number of methoxy groups -OCH3 is 1. The molecule has 0 aliphatic carbocycles. The van der Waals surface area contributed by atoms with Crippen molar-refractivity contribution in [1.82, 2.24) is 10.2 Å². The molecule has 2 N–H and O–H groups in total. The van der Waals surface area contributed by atoms with Crippen molar-refractivity contribution >= 4 is 23.2 Å². The molecule has 33 heavy (non-hydrogen) atoms. The van der Waals surface area contributed by atoms with Gasteiger partial charge in [-0.25, -0.2) is 0 Å². The van der Waals surface area contributed by atoms with E-state index in [1.54, 1.807) is 19.2 Å². The van der Waals surface area contributed by atoms with Crippen LogP contribution in [0.25, 0.3) is 0 Å². The van der Waals surface area contributed by atoms with E-state index in [-0.39, 0.29) is 11.7 Å². The summed E-state index contributed by atoms with van der Waals surface area (Å²) in [6.07, 6.45) is 1.48. The number of ether oxygens (including phenoxy) is 1. The van der Waals surface area contributed by atoms with Crippen LogP contribution in [0.4, 0.5) is 11.4 Å². The van der Waals surface area contributed by atoms with Crippen molar-refractivity contribution in [3.05, 3.63) is 78.3 Å². The molecule has 1 aliphatic rings. The summed E-state index contributed by atoms with van der Waals surface area (Å²) in [5.74, 6) is 1.78. The highest BCUT2D eigenvalue weighted by molar-refractivity contribution is 6.02. The molecule has 1 fully saturated rings. The Labute approximate surface area is 193 Å². The fraction of sp³-hybridized carbons (Fsp3) is 0.280. The van der Waals surface area contributed by atoms with Crippen LogP contribution in [-0.4, -0.2) is 57.1 Å². The van der Waals surface area contributed by atoms with Gasteiger partial charge in [0.05, 0.1) is 13.4 Å². The van der Waals surface area contributed by atoms with Gasteiger partial charge in [0.25, 0.3) is 5.91 Å². The number of benzene rings is 2. The number of aliphatic imine (C=N–C) groups is 1. The number of furan rings is 1. The summed E-state index contributed by atoms with van der Waals surface area (Å²) in [4.78, 5) is 21.2. The van der Waals surface area contributed by atoms with Gasteiger partial charge in [0.1, 0.15) is 5.75 Å². The standard InChI is InChI=1S/C25H29N5O3/c1-26-25(30-15-13-29(14-16-30)21-9-11-22(32-2)12-10-21)27-18-19-5-7-20(8-6-19)28-24(31)23-4-3-17-33-23/h3-12,17H,13-16,18H2,1-2H3,(H,26,27)(H,28,31). The molecule has 1 amide bonds. The maximum absolute atomic E-state index is 12.1. The number of anilines is 2. The average molecular weight is 448 g/mol. The van der Waals surface area contributed by atoms with E-state index in [1.165, 1.54) is 12.0 Å². The Morgan fingerprint density at radius 2 is 1.76 bits per heavy atom. The first-order chi connectivity index (χ1) is 16.2. The van der Waals surface area contributed by atoms with E-state index in [0.717, 1.165) is 49.1 Å². The number of hydrogen-bond donors (Lipinski definition) is 2. The molecule has 2 heterocycles. The molecule has 8 heteroatoms. The van der Waals surface area contributed by atoms with Gasteiger partial charge in [-0.1, -0.05) is 12.1 Å². The quantitative estimate of drug-likeness (QED) is 0.445. The molecule has 2 aromatic carbocycles. The Morgan fingerprint density at radius 1 is 1.03 bits per heavy atom. The fourth-order valence-electron chi connectivity index (χ4n) is 3.79. The Morgan fingerprint density at radius 3 is 2.36 bits per heavy atom. The van der Waals surface area contributed by atoms with Gasteiger partial charge in [0.2, 0.25) is 0 Å². The number of nitrogens with one attached hydrogen (secondary N) is 2. The maximum Gasteiger partial charge on any atom is 0.291 e. The Bertz CT molecular complexity index is 1050. The largest absolute Gasteiger partial charge is 0.497 e. The SMILES string of the molecule is CN=C(NCc1ccc(NC(=O)c2ccco2)cc1)N1CCN(c2ccc(OC)cc2)CC1. The highest BCUT2D eigenvalue weighted by Crippen LogP contribution is 2.20. The highest BCUT2D eigenvalue weighted by atomic mass is 16.5. The van der Waals surface area contributed by atoms with Crippen molar-refractivity contribution in [2.75, 3.05) is 50.6 Å². The van der Waals surface area contributed by atoms with Crippen LogP contribution in [0, 0.1) is 0 Å². The first kappa shape index (κ1) is 22.3. The third-order valence-electron chi connectivity index (χ3n) is 5.64. The lowest BCUT2D eigenvalue weighted by Crippen LogP contribution is -2.52. The summed E-state index contributed by atoms with van der Waals surface area (Å²) in [5.41, 5.74) is 3.03. The molecule has 1 saturated heterocycles. The van der Waals surface area contributed by atoms with Crippen LogP contribution >= 0.6 is 0 Å². The van der Waals surface area contributed by atoms with Crippen LogP contribution in [-0.2, 0) is 6.54 Å². The number of carbonyl (C=O) groups excluding carboxylic acids is 1. The van der Waals surface area contributed by atoms with Crippen molar-refractivity contribution < 1.29 is 13.9 Å².